The molecule has 0 bridgehead atoms. The molecule has 1 aromatic carbocycles. The van der Waals surface area contributed by atoms with Crippen LogP contribution in [0.1, 0.15) is 10.4 Å². The highest BCUT2D eigenvalue weighted by Crippen LogP contribution is 2.48. The van der Waals surface area contributed by atoms with Crippen LogP contribution in [0, 0.1) is 17.5 Å². The van der Waals surface area contributed by atoms with Gasteiger partial charge < -0.3 is 9.84 Å². The van der Waals surface area contributed by atoms with Crippen LogP contribution in [-0.2, 0) is 0 Å². The van der Waals surface area contributed by atoms with E-state index >= 15 is 0 Å². The third kappa shape index (κ3) is 3.12. The fourth-order valence-corrected chi connectivity index (χ4v) is 1.18. The third-order valence-electron chi connectivity index (χ3n) is 2.30. The van der Waals surface area contributed by atoms with Gasteiger partial charge >= 0.3 is 24.2 Å². The largest absolute Gasteiger partial charge is 0.478 e. The average molecular weight is 360 g/mol. The molecule has 0 atom stereocenters. The topological polar surface area (TPSA) is 46.5 Å². The predicted octanol–water partition coefficient (Wildman–Crippen LogP) is 3.97. The summed E-state index contributed by atoms with van der Waals surface area (Å²) in [6.07, 6.45) is -13.4. The highest BCUT2D eigenvalue weighted by Gasteiger charge is 2.76. The molecule has 0 heterocycles. The van der Waals surface area contributed by atoms with Gasteiger partial charge in [0.25, 0.3) is 0 Å². The van der Waals surface area contributed by atoms with Gasteiger partial charge in [-0.3, -0.25) is 0 Å². The Morgan fingerprint density at radius 1 is 0.957 bits per heavy atom. The van der Waals surface area contributed by atoms with Crippen molar-refractivity contribution in [2.45, 2.75) is 18.2 Å². The lowest BCUT2D eigenvalue weighted by molar-refractivity contribution is -0.403. The van der Waals surface area contributed by atoms with Gasteiger partial charge in [0.15, 0.2) is 11.6 Å². The summed E-state index contributed by atoms with van der Waals surface area (Å²) in [5, 5.41) is 8.39. The average Bonchev–Trinajstić information content (AvgIpc) is 2.37. The van der Waals surface area contributed by atoms with Gasteiger partial charge in [-0.1, -0.05) is 0 Å². The van der Waals surface area contributed by atoms with Crippen molar-refractivity contribution in [2.24, 2.45) is 0 Å². The van der Waals surface area contributed by atoms with Crippen molar-refractivity contribution in [2.75, 3.05) is 0 Å². The lowest BCUT2D eigenvalue weighted by Gasteiger charge is -2.28. The molecule has 0 saturated carbocycles. The van der Waals surface area contributed by atoms with Crippen LogP contribution in [0.4, 0.5) is 43.9 Å². The maximum absolute atomic E-state index is 13.4. The van der Waals surface area contributed by atoms with Gasteiger partial charge in [0, 0.05) is 0 Å². The number of halogens is 10. The summed E-state index contributed by atoms with van der Waals surface area (Å²) in [5.74, 6) is -19.6. The summed E-state index contributed by atoms with van der Waals surface area (Å²) in [7, 11) is 0. The Bertz CT molecular complexity index is 637. The number of rotatable bonds is 4. The number of hydrogen-bond acceptors (Lipinski definition) is 2. The number of ether oxygens (including phenoxy) is 1. The monoisotopic (exact) mass is 360 g/mol. The van der Waals surface area contributed by atoms with E-state index in [0.717, 1.165) is 0 Å². The molecule has 0 fully saturated rings. The number of hydrogen-bond donors (Lipinski definition) is 1. The summed E-state index contributed by atoms with van der Waals surface area (Å²) in [4.78, 5) is 10.5. The summed E-state index contributed by atoms with van der Waals surface area (Å²) < 4.78 is 129. The molecule has 3 nitrogen and oxygen atoms in total. The van der Waals surface area contributed by atoms with Crippen molar-refractivity contribution in [1.29, 1.82) is 0 Å². The molecule has 0 aliphatic heterocycles. The molecule has 130 valence electrons. The van der Waals surface area contributed by atoms with Crippen molar-refractivity contribution in [3.63, 3.8) is 0 Å². The fourth-order valence-electron chi connectivity index (χ4n) is 1.18. The SMILES string of the molecule is O=C(O)c1cc(F)c(F)c(OC(F)(F)C(F)(F)C(F)(F)F)c1F. The van der Waals surface area contributed by atoms with Gasteiger partial charge in [-0.05, 0) is 6.07 Å². The van der Waals surface area contributed by atoms with Crippen molar-refractivity contribution in [3.05, 3.63) is 29.1 Å². The number of aromatic carboxylic acids is 1. The molecule has 13 heteroatoms. The van der Waals surface area contributed by atoms with Gasteiger partial charge in [-0.15, -0.1) is 0 Å². The Morgan fingerprint density at radius 3 is 1.83 bits per heavy atom. The first-order chi connectivity index (χ1) is 10.1. The van der Waals surface area contributed by atoms with E-state index in [1.54, 1.807) is 0 Å². The quantitative estimate of drug-likeness (QED) is 0.653. The first kappa shape index (κ1) is 18.8. The molecule has 0 aromatic heterocycles. The standard InChI is InChI=1S/C10H2F10O3/c11-3-1-2(7(21)22)4(12)6(5(3)13)23-10(19,20)8(14,15)9(16,17)18/h1H,(H,21,22). The number of carboxylic acid groups (broad SMARTS) is 1. The van der Waals surface area contributed by atoms with Gasteiger partial charge in [-0.25, -0.2) is 13.6 Å². The fraction of sp³-hybridized carbons (Fsp3) is 0.300. The predicted molar refractivity (Wildman–Crippen MR) is 49.9 cm³/mol. The first-order valence-corrected chi connectivity index (χ1v) is 5.05. The normalized spacial score (nSPS) is 13.1. The number of alkyl halides is 7. The molecular formula is C10H2F10O3. The minimum Gasteiger partial charge on any atom is -0.478 e. The van der Waals surface area contributed by atoms with E-state index in [0.29, 0.717) is 0 Å². The molecule has 0 amide bonds. The van der Waals surface area contributed by atoms with Crippen LogP contribution in [0.15, 0.2) is 6.07 Å². The molecule has 0 radical (unpaired) electrons. The van der Waals surface area contributed by atoms with Crippen LogP contribution in [-0.4, -0.2) is 29.3 Å². The van der Waals surface area contributed by atoms with E-state index in [1.165, 1.54) is 0 Å². The zero-order valence-electron chi connectivity index (χ0n) is 10.1. The van der Waals surface area contributed by atoms with E-state index < -0.39 is 52.9 Å². The molecule has 1 N–H and O–H groups in total. The molecule has 0 unspecified atom stereocenters. The van der Waals surface area contributed by atoms with Crippen LogP contribution >= 0.6 is 0 Å². The van der Waals surface area contributed by atoms with E-state index in [-0.39, 0.29) is 6.07 Å². The highest BCUT2D eigenvalue weighted by atomic mass is 19.4. The van der Waals surface area contributed by atoms with E-state index in [4.69, 9.17) is 5.11 Å². The van der Waals surface area contributed by atoms with E-state index in [9.17, 15) is 48.7 Å². The summed E-state index contributed by atoms with van der Waals surface area (Å²) in [6, 6.07) is -0.347. The Labute approximate surface area is 119 Å². The van der Waals surface area contributed by atoms with Crippen molar-refractivity contribution in [1.82, 2.24) is 0 Å². The molecule has 1 aromatic rings. The Hall–Kier alpha value is -2.21. The zero-order chi connectivity index (χ0) is 18.4. The molecule has 1 rings (SSSR count). The lowest BCUT2D eigenvalue weighted by atomic mass is 10.2. The highest BCUT2D eigenvalue weighted by molar-refractivity contribution is 5.88. The Balaban J connectivity index is 3.47. The maximum Gasteiger partial charge on any atom is 0.474 e. The second-order valence-electron chi connectivity index (χ2n) is 3.86. The smallest absolute Gasteiger partial charge is 0.474 e. The zero-order valence-corrected chi connectivity index (χ0v) is 10.1. The van der Waals surface area contributed by atoms with Crippen molar-refractivity contribution >= 4 is 5.97 Å². The van der Waals surface area contributed by atoms with E-state index in [1.807, 2.05) is 0 Å². The number of benzene rings is 1. The summed E-state index contributed by atoms with van der Waals surface area (Å²) in [6.45, 7) is 0. The molecule has 0 aliphatic carbocycles. The Morgan fingerprint density at radius 2 is 1.43 bits per heavy atom. The van der Waals surface area contributed by atoms with Gasteiger partial charge in [0.05, 0.1) is 0 Å². The first-order valence-electron chi connectivity index (χ1n) is 5.05. The molecule has 23 heavy (non-hydrogen) atoms. The molecule has 0 spiro atoms. The van der Waals surface area contributed by atoms with Gasteiger partial charge in [0.1, 0.15) is 5.56 Å². The maximum atomic E-state index is 13.4. The Kier molecular flexibility index (Phi) is 4.47. The number of carbonyl (C=O) groups is 1. The minimum absolute atomic E-state index is 0.347. The van der Waals surface area contributed by atoms with Gasteiger partial charge in [0.2, 0.25) is 11.6 Å². The second kappa shape index (κ2) is 5.45. The molecular weight excluding hydrogens is 358 g/mol. The van der Waals surface area contributed by atoms with Crippen LogP contribution in [0.2, 0.25) is 0 Å². The third-order valence-corrected chi connectivity index (χ3v) is 2.30. The van der Waals surface area contributed by atoms with Crippen LogP contribution in [0.5, 0.6) is 5.75 Å². The molecule has 0 saturated heterocycles. The van der Waals surface area contributed by atoms with Crippen molar-refractivity contribution < 1.29 is 58.5 Å². The van der Waals surface area contributed by atoms with Crippen molar-refractivity contribution in [3.8, 4) is 5.75 Å². The second-order valence-corrected chi connectivity index (χ2v) is 3.86. The summed E-state index contributed by atoms with van der Waals surface area (Å²) >= 11 is 0. The van der Waals surface area contributed by atoms with Crippen LogP contribution in [0.25, 0.3) is 0 Å². The van der Waals surface area contributed by atoms with E-state index in [2.05, 4.69) is 4.74 Å². The minimum atomic E-state index is -6.91. The van der Waals surface area contributed by atoms with Crippen LogP contribution in [0.3, 0.4) is 0 Å². The number of carboxylic acids is 1. The molecule has 0 aliphatic rings. The lowest BCUT2D eigenvalue weighted by Crippen LogP contribution is -2.55. The van der Waals surface area contributed by atoms with Gasteiger partial charge in [-0.2, -0.15) is 35.1 Å². The summed E-state index contributed by atoms with van der Waals surface area (Å²) in [5.41, 5.74) is -1.83. The van der Waals surface area contributed by atoms with Crippen LogP contribution < -0.4 is 4.74 Å².